The summed E-state index contributed by atoms with van der Waals surface area (Å²) in [5, 5.41) is 6.39. The third-order valence-corrected chi connectivity index (χ3v) is 3.88. The first-order valence-electron chi connectivity index (χ1n) is 6.95. The molecule has 0 saturated carbocycles. The van der Waals surface area contributed by atoms with Crippen LogP contribution in [0.3, 0.4) is 0 Å². The lowest BCUT2D eigenvalue weighted by Crippen LogP contribution is -2.55. The van der Waals surface area contributed by atoms with Gasteiger partial charge in [-0.15, -0.1) is 12.4 Å². The van der Waals surface area contributed by atoms with E-state index in [0.717, 1.165) is 25.1 Å². The van der Waals surface area contributed by atoms with Crippen LogP contribution in [0.15, 0.2) is 24.4 Å². The molecule has 0 spiro atoms. The Labute approximate surface area is 127 Å². The van der Waals surface area contributed by atoms with E-state index < -0.39 is 0 Å². The molecule has 1 aromatic heterocycles. The zero-order valence-electron chi connectivity index (χ0n) is 12.3. The maximum absolute atomic E-state index is 12.4. The topological polar surface area (TPSA) is 54.0 Å². The fourth-order valence-electron chi connectivity index (χ4n) is 2.66. The third kappa shape index (κ3) is 3.93. The maximum atomic E-state index is 12.4. The number of carbonyl (C=O) groups is 1. The van der Waals surface area contributed by atoms with Gasteiger partial charge in [-0.1, -0.05) is 19.9 Å². The summed E-state index contributed by atoms with van der Waals surface area (Å²) in [6, 6.07) is 5.57. The summed E-state index contributed by atoms with van der Waals surface area (Å²) in [7, 11) is 0. The van der Waals surface area contributed by atoms with Gasteiger partial charge in [0, 0.05) is 6.20 Å². The molecule has 0 bridgehead atoms. The number of carbonyl (C=O) groups excluding carboxylic acids is 1. The zero-order valence-corrected chi connectivity index (χ0v) is 13.2. The van der Waals surface area contributed by atoms with Crippen LogP contribution in [0, 0.1) is 5.41 Å². The summed E-state index contributed by atoms with van der Waals surface area (Å²) >= 11 is 0. The van der Waals surface area contributed by atoms with Crippen LogP contribution in [0.4, 0.5) is 0 Å². The van der Waals surface area contributed by atoms with E-state index in [0.29, 0.717) is 0 Å². The highest BCUT2D eigenvalue weighted by Gasteiger charge is 2.37. The Hall–Kier alpha value is -1.13. The molecule has 1 saturated heterocycles. The fraction of sp³-hybridized carbons (Fsp3) is 0.600. The van der Waals surface area contributed by atoms with Gasteiger partial charge >= 0.3 is 0 Å². The van der Waals surface area contributed by atoms with E-state index in [1.54, 1.807) is 6.20 Å². The van der Waals surface area contributed by atoms with Crippen LogP contribution >= 0.6 is 12.4 Å². The normalized spacial score (nSPS) is 22.4. The number of halogens is 1. The Balaban J connectivity index is 0.00000200. The van der Waals surface area contributed by atoms with E-state index in [1.807, 2.05) is 25.1 Å². The minimum absolute atomic E-state index is 0. The van der Waals surface area contributed by atoms with Gasteiger partial charge in [-0.25, -0.2) is 0 Å². The van der Waals surface area contributed by atoms with Crippen molar-refractivity contribution in [2.24, 2.45) is 5.41 Å². The summed E-state index contributed by atoms with van der Waals surface area (Å²) in [5.41, 5.74) is 0.899. The summed E-state index contributed by atoms with van der Waals surface area (Å²) in [6.07, 6.45) is 3.96. The van der Waals surface area contributed by atoms with E-state index in [9.17, 15) is 4.79 Å². The predicted molar refractivity (Wildman–Crippen MR) is 82.8 cm³/mol. The highest BCUT2D eigenvalue weighted by Crippen LogP contribution is 2.30. The molecule has 20 heavy (non-hydrogen) atoms. The molecular weight excluding hydrogens is 274 g/mol. The molecule has 0 radical (unpaired) electrons. The minimum Gasteiger partial charge on any atom is -0.347 e. The van der Waals surface area contributed by atoms with Gasteiger partial charge < -0.3 is 10.6 Å². The van der Waals surface area contributed by atoms with Gasteiger partial charge in [0.05, 0.1) is 17.8 Å². The fourth-order valence-corrected chi connectivity index (χ4v) is 2.66. The Morgan fingerprint density at radius 3 is 2.85 bits per heavy atom. The molecule has 0 aromatic carbocycles. The monoisotopic (exact) mass is 297 g/mol. The number of hydrogen-bond donors (Lipinski definition) is 2. The molecule has 1 aliphatic heterocycles. The number of nitrogens with zero attached hydrogens (tertiary/aromatic N) is 1. The van der Waals surface area contributed by atoms with Gasteiger partial charge in [0.1, 0.15) is 0 Å². The Kier molecular flexibility index (Phi) is 5.96. The van der Waals surface area contributed by atoms with Crippen LogP contribution in [-0.2, 0) is 4.79 Å². The molecule has 2 N–H and O–H groups in total. The first kappa shape index (κ1) is 16.9. The second-order valence-electron chi connectivity index (χ2n) is 5.96. The maximum Gasteiger partial charge on any atom is 0.238 e. The van der Waals surface area contributed by atoms with Crippen LogP contribution in [0.1, 0.15) is 45.3 Å². The quantitative estimate of drug-likeness (QED) is 0.901. The van der Waals surface area contributed by atoms with Gasteiger partial charge in [0.15, 0.2) is 0 Å². The molecule has 2 atom stereocenters. The van der Waals surface area contributed by atoms with Gasteiger partial charge in [0.25, 0.3) is 0 Å². The number of amides is 1. The SMILES string of the molecule is CC(NC(=O)C1NCCCC1(C)C)c1ccccn1.Cl. The largest absolute Gasteiger partial charge is 0.347 e. The molecule has 112 valence electrons. The van der Waals surface area contributed by atoms with E-state index >= 15 is 0 Å². The summed E-state index contributed by atoms with van der Waals surface area (Å²) < 4.78 is 0. The average molecular weight is 298 g/mol. The van der Waals surface area contributed by atoms with Gasteiger partial charge in [-0.2, -0.15) is 0 Å². The van der Waals surface area contributed by atoms with Gasteiger partial charge in [0.2, 0.25) is 5.91 Å². The number of hydrogen-bond acceptors (Lipinski definition) is 3. The van der Waals surface area contributed by atoms with Gasteiger partial charge in [-0.05, 0) is 43.9 Å². The second kappa shape index (κ2) is 7.04. The van der Waals surface area contributed by atoms with E-state index in [1.165, 1.54) is 0 Å². The van der Waals surface area contributed by atoms with Crippen LogP contribution in [0.2, 0.25) is 0 Å². The molecule has 2 rings (SSSR count). The molecule has 1 amide bonds. The first-order chi connectivity index (χ1) is 9.00. The molecule has 2 heterocycles. The number of nitrogens with one attached hydrogen (secondary N) is 2. The summed E-state index contributed by atoms with van der Waals surface area (Å²) in [6.45, 7) is 7.18. The zero-order chi connectivity index (χ0) is 13.9. The lowest BCUT2D eigenvalue weighted by atomic mass is 9.77. The molecular formula is C15H24ClN3O. The lowest BCUT2D eigenvalue weighted by molar-refractivity contribution is -0.127. The second-order valence-corrected chi connectivity index (χ2v) is 5.96. The predicted octanol–water partition coefficient (Wildman–Crippen LogP) is 2.46. The molecule has 1 aliphatic rings. The number of piperidine rings is 1. The van der Waals surface area contributed by atoms with Crippen molar-refractivity contribution in [2.45, 2.75) is 45.7 Å². The Bertz CT molecular complexity index is 436. The van der Waals surface area contributed by atoms with Gasteiger partial charge in [-0.3, -0.25) is 9.78 Å². The van der Waals surface area contributed by atoms with Crippen LogP contribution in [0.5, 0.6) is 0 Å². The number of rotatable bonds is 3. The van der Waals surface area contributed by atoms with Crippen LogP contribution in [0.25, 0.3) is 0 Å². The van der Waals surface area contributed by atoms with Crippen LogP contribution < -0.4 is 10.6 Å². The van der Waals surface area contributed by atoms with E-state index in [2.05, 4.69) is 29.5 Å². The molecule has 0 aliphatic carbocycles. The first-order valence-corrected chi connectivity index (χ1v) is 6.95. The lowest BCUT2D eigenvalue weighted by Gasteiger charge is -2.38. The molecule has 2 unspecified atom stereocenters. The van der Waals surface area contributed by atoms with Crippen molar-refractivity contribution < 1.29 is 4.79 Å². The molecule has 1 fully saturated rings. The molecule has 5 heteroatoms. The standard InChI is InChI=1S/C15H23N3O.ClH/c1-11(12-7-4-5-9-16-12)18-14(19)13-15(2,3)8-6-10-17-13;/h4-5,7,9,11,13,17H,6,8,10H2,1-3H3,(H,18,19);1H. The molecule has 1 aromatic rings. The van der Waals surface area contributed by atoms with E-state index in [4.69, 9.17) is 0 Å². The number of pyridine rings is 1. The smallest absolute Gasteiger partial charge is 0.238 e. The Morgan fingerprint density at radius 1 is 1.50 bits per heavy atom. The van der Waals surface area contributed by atoms with E-state index in [-0.39, 0.29) is 35.8 Å². The third-order valence-electron chi connectivity index (χ3n) is 3.88. The Morgan fingerprint density at radius 2 is 2.25 bits per heavy atom. The van der Waals surface area contributed by atoms with Crippen molar-refractivity contribution in [1.29, 1.82) is 0 Å². The molecule has 4 nitrogen and oxygen atoms in total. The average Bonchev–Trinajstić information content (AvgIpc) is 2.39. The van der Waals surface area contributed by atoms with Crippen molar-refractivity contribution in [2.75, 3.05) is 6.54 Å². The van der Waals surface area contributed by atoms with Crippen molar-refractivity contribution in [3.05, 3.63) is 30.1 Å². The minimum atomic E-state index is -0.118. The van der Waals surface area contributed by atoms with Crippen molar-refractivity contribution in [3.8, 4) is 0 Å². The van der Waals surface area contributed by atoms with Crippen molar-refractivity contribution in [1.82, 2.24) is 15.6 Å². The van der Waals surface area contributed by atoms with Crippen LogP contribution in [-0.4, -0.2) is 23.5 Å². The summed E-state index contributed by atoms with van der Waals surface area (Å²) in [5.74, 6) is 0.0721. The summed E-state index contributed by atoms with van der Waals surface area (Å²) in [4.78, 5) is 16.7. The highest BCUT2D eigenvalue weighted by molar-refractivity contribution is 5.85. The van der Waals surface area contributed by atoms with Crippen molar-refractivity contribution >= 4 is 18.3 Å². The number of aromatic nitrogens is 1. The van der Waals surface area contributed by atoms with Crippen molar-refractivity contribution in [3.63, 3.8) is 0 Å². The highest BCUT2D eigenvalue weighted by atomic mass is 35.5.